The molecule has 1 aliphatic carbocycles. The van der Waals surface area contributed by atoms with Crippen molar-refractivity contribution in [3.05, 3.63) is 39.1 Å². The molecule has 1 heterocycles. The average Bonchev–Trinajstić information content (AvgIpc) is 3.29. The fourth-order valence-electron chi connectivity index (χ4n) is 2.43. The van der Waals surface area contributed by atoms with Gasteiger partial charge in [0.2, 0.25) is 5.43 Å². The topological polar surface area (TPSA) is 68.5 Å². The van der Waals surface area contributed by atoms with Crippen LogP contribution in [0.5, 0.6) is 5.75 Å². The van der Waals surface area contributed by atoms with Crippen LogP contribution >= 0.6 is 11.6 Å². The molecule has 1 aromatic carbocycles. The van der Waals surface area contributed by atoms with E-state index in [1.807, 2.05) is 0 Å². The van der Waals surface area contributed by atoms with E-state index in [1.54, 1.807) is 4.57 Å². The van der Waals surface area contributed by atoms with Crippen LogP contribution < -0.4 is 10.2 Å². The van der Waals surface area contributed by atoms with Gasteiger partial charge in [0, 0.05) is 23.7 Å². The lowest BCUT2D eigenvalue weighted by atomic mass is 10.1. The maximum atomic E-state index is 12.3. The Kier molecular flexibility index (Phi) is 3.95. The predicted molar refractivity (Wildman–Crippen MR) is 80.0 cm³/mol. The molecule has 128 valence electrons. The minimum atomic E-state index is -4.53. The van der Waals surface area contributed by atoms with Gasteiger partial charge in [-0.05, 0) is 18.9 Å². The number of aromatic carboxylic acids is 1. The standard InChI is InChI=1S/C15H11ClF3NO4/c16-10-3-8-11(4-12(10)24-6-15(17,18)19)20(7-1-2-7)5-9(13(8)21)14(22)23/h3-5,7H,1-2,6H2,(H,22,23). The van der Waals surface area contributed by atoms with Gasteiger partial charge in [0.05, 0.1) is 10.5 Å². The highest BCUT2D eigenvalue weighted by molar-refractivity contribution is 6.32. The summed E-state index contributed by atoms with van der Waals surface area (Å²) in [5.41, 5.74) is -0.845. The number of carboxylic acid groups (broad SMARTS) is 1. The number of nitrogens with zero attached hydrogens (tertiary/aromatic N) is 1. The zero-order valence-electron chi connectivity index (χ0n) is 12.1. The molecule has 9 heteroatoms. The maximum Gasteiger partial charge on any atom is 0.422 e. The second-order valence-electron chi connectivity index (χ2n) is 5.52. The van der Waals surface area contributed by atoms with E-state index in [4.69, 9.17) is 21.4 Å². The summed E-state index contributed by atoms with van der Waals surface area (Å²) in [7, 11) is 0. The van der Waals surface area contributed by atoms with Crippen molar-refractivity contribution in [2.24, 2.45) is 0 Å². The highest BCUT2D eigenvalue weighted by atomic mass is 35.5. The molecule has 0 radical (unpaired) electrons. The van der Waals surface area contributed by atoms with Crippen LogP contribution in [0.2, 0.25) is 5.02 Å². The molecule has 0 bridgehead atoms. The summed E-state index contributed by atoms with van der Waals surface area (Å²) < 4.78 is 43.2. The molecule has 5 nitrogen and oxygen atoms in total. The van der Waals surface area contributed by atoms with E-state index >= 15 is 0 Å². The predicted octanol–water partition coefficient (Wildman–Crippen LogP) is 3.63. The third-order valence-electron chi connectivity index (χ3n) is 3.65. The summed E-state index contributed by atoms with van der Waals surface area (Å²) in [6, 6.07) is 2.40. The van der Waals surface area contributed by atoms with Gasteiger partial charge in [-0.15, -0.1) is 0 Å². The highest BCUT2D eigenvalue weighted by Gasteiger charge is 2.30. The Morgan fingerprint density at radius 3 is 2.58 bits per heavy atom. The lowest BCUT2D eigenvalue weighted by molar-refractivity contribution is -0.153. The molecular weight excluding hydrogens is 351 g/mol. The number of aromatic nitrogens is 1. The first-order valence-corrected chi connectivity index (χ1v) is 7.36. The molecule has 0 unspecified atom stereocenters. The van der Waals surface area contributed by atoms with E-state index in [0.717, 1.165) is 18.9 Å². The number of carbonyl (C=O) groups is 1. The molecule has 1 fully saturated rings. The van der Waals surface area contributed by atoms with E-state index in [0.29, 0.717) is 5.52 Å². The van der Waals surface area contributed by atoms with E-state index in [1.165, 1.54) is 12.3 Å². The zero-order chi connectivity index (χ0) is 17.6. The van der Waals surface area contributed by atoms with Crippen molar-refractivity contribution in [1.82, 2.24) is 4.57 Å². The molecule has 2 aromatic rings. The number of ether oxygens (including phenoxy) is 1. The molecule has 0 spiro atoms. The maximum absolute atomic E-state index is 12.3. The van der Waals surface area contributed by atoms with Gasteiger partial charge in [-0.25, -0.2) is 4.79 Å². The van der Waals surface area contributed by atoms with Crippen molar-refractivity contribution in [1.29, 1.82) is 0 Å². The zero-order valence-corrected chi connectivity index (χ0v) is 12.8. The Balaban J connectivity index is 2.18. The smallest absolute Gasteiger partial charge is 0.422 e. The lowest BCUT2D eigenvalue weighted by Crippen LogP contribution is -2.20. The number of fused-ring (bicyclic) bond motifs is 1. The molecule has 1 aromatic heterocycles. The number of pyridine rings is 1. The lowest BCUT2D eigenvalue weighted by Gasteiger charge is -2.15. The normalized spacial score (nSPS) is 14.8. The van der Waals surface area contributed by atoms with Crippen LogP contribution in [0.3, 0.4) is 0 Å². The van der Waals surface area contributed by atoms with Gasteiger partial charge in [0.25, 0.3) is 0 Å². The van der Waals surface area contributed by atoms with Crippen LogP contribution in [0.15, 0.2) is 23.1 Å². The largest absolute Gasteiger partial charge is 0.482 e. The molecule has 0 atom stereocenters. The number of rotatable bonds is 4. The fraction of sp³-hybridized carbons (Fsp3) is 0.333. The monoisotopic (exact) mass is 361 g/mol. The molecule has 1 saturated carbocycles. The molecule has 1 N–H and O–H groups in total. The summed E-state index contributed by atoms with van der Waals surface area (Å²) in [5, 5.41) is 9.00. The van der Waals surface area contributed by atoms with Crippen LogP contribution in [-0.4, -0.2) is 28.4 Å². The Hall–Kier alpha value is -2.22. The summed E-state index contributed by atoms with van der Waals surface area (Å²) >= 11 is 5.90. The van der Waals surface area contributed by atoms with E-state index in [9.17, 15) is 22.8 Å². The van der Waals surface area contributed by atoms with Crippen molar-refractivity contribution in [2.45, 2.75) is 25.1 Å². The van der Waals surface area contributed by atoms with Gasteiger partial charge in [0.15, 0.2) is 6.61 Å². The number of carboxylic acids is 1. The van der Waals surface area contributed by atoms with Gasteiger partial charge in [0.1, 0.15) is 11.3 Å². The average molecular weight is 362 g/mol. The van der Waals surface area contributed by atoms with Crippen LogP contribution in [-0.2, 0) is 0 Å². The SMILES string of the molecule is O=C(O)c1cn(C2CC2)c2cc(OCC(F)(F)F)c(Cl)cc2c1=O. The van der Waals surface area contributed by atoms with Gasteiger partial charge in [-0.3, -0.25) is 4.79 Å². The minimum absolute atomic E-state index is 0.00263. The van der Waals surface area contributed by atoms with Crippen molar-refractivity contribution in [3.63, 3.8) is 0 Å². The number of halogens is 4. The van der Waals surface area contributed by atoms with Crippen molar-refractivity contribution in [3.8, 4) is 5.75 Å². The Morgan fingerprint density at radius 2 is 2.04 bits per heavy atom. The number of benzene rings is 1. The first-order chi connectivity index (χ1) is 11.2. The van der Waals surface area contributed by atoms with E-state index in [-0.39, 0.29) is 22.2 Å². The van der Waals surface area contributed by atoms with Crippen LogP contribution in [0.4, 0.5) is 13.2 Å². The minimum Gasteiger partial charge on any atom is -0.482 e. The fourth-order valence-corrected chi connectivity index (χ4v) is 2.65. The molecule has 0 saturated heterocycles. The molecule has 0 amide bonds. The van der Waals surface area contributed by atoms with Gasteiger partial charge < -0.3 is 14.4 Å². The number of alkyl halides is 3. The van der Waals surface area contributed by atoms with E-state index in [2.05, 4.69) is 0 Å². The van der Waals surface area contributed by atoms with Crippen LogP contribution in [0, 0.1) is 0 Å². The third-order valence-corrected chi connectivity index (χ3v) is 3.94. The quantitative estimate of drug-likeness (QED) is 0.903. The van der Waals surface area contributed by atoms with E-state index < -0.39 is 29.7 Å². The second-order valence-corrected chi connectivity index (χ2v) is 5.93. The van der Waals surface area contributed by atoms with Gasteiger partial charge in [-0.2, -0.15) is 13.2 Å². The van der Waals surface area contributed by atoms with Crippen LogP contribution in [0.25, 0.3) is 10.9 Å². The Morgan fingerprint density at radius 1 is 1.38 bits per heavy atom. The second kappa shape index (κ2) is 5.70. The van der Waals surface area contributed by atoms with Gasteiger partial charge >= 0.3 is 12.1 Å². The Bertz CT molecular complexity index is 887. The first kappa shape index (κ1) is 16.6. The summed E-state index contributed by atoms with van der Waals surface area (Å²) in [5.74, 6) is -1.58. The molecule has 24 heavy (non-hydrogen) atoms. The van der Waals surface area contributed by atoms with Crippen LogP contribution in [0.1, 0.15) is 29.2 Å². The summed E-state index contributed by atoms with van der Waals surface area (Å²) in [6.07, 6.45) is -1.73. The van der Waals surface area contributed by atoms with Gasteiger partial charge in [-0.1, -0.05) is 11.6 Å². The van der Waals surface area contributed by atoms with Crippen molar-refractivity contribution in [2.75, 3.05) is 6.61 Å². The molecule has 3 rings (SSSR count). The highest BCUT2D eigenvalue weighted by Crippen LogP contribution is 2.39. The third kappa shape index (κ3) is 3.19. The first-order valence-electron chi connectivity index (χ1n) is 6.98. The summed E-state index contributed by atoms with van der Waals surface area (Å²) in [6.45, 7) is -1.51. The Labute approximate surface area is 138 Å². The molecule has 0 aliphatic heterocycles. The molecular formula is C15H11ClF3NO4. The number of hydrogen-bond acceptors (Lipinski definition) is 3. The molecule has 1 aliphatic rings. The summed E-state index contributed by atoms with van der Waals surface area (Å²) in [4.78, 5) is 23.5. The number of hydrogen-bond donors (Lipinski definition) is 1. The van der Waals surface area contributed by atoms with Crippen molar-refractivity contribution < 1.29 is 27.8 Å². The van der Waals surface area contributed by atoms with Crippen molar-refractivity contribution >= 4 is 28.5 Å².